The second-order valence-corrected chi connectivity index (χ2v) is 7.64. The van der Waals surface area contributed by atoms with Crippen LogP contribution in [0.3, 0.4) is 0 Å². The van der Waals surface area contributed by atoms with E-state index in [4.69, 9.17) is 4.42 Å². The van der Waals surface area contributed by atoms with Gasteiger partial charge in [0.15, 0.2) is 0 Å². The monoisotopic (exact) mass is 411 g/mol. The molecule has 0 saturated carbocycles. The highest BCUT2D eigenvalue weighted by atomic mass is 19.1. The minimum atomic E-state index is -1.37. The van der Waals surface area contributed by atoms with E-state index < -0.39 is 23.4 Å². The lowest BCUT2D eigenvalue weighted by atomic mass is 9.99. The van der Waals surface area contributed by atoms with Crippen LogP contribution in [0.2, 0.25) is 0 Å². The van der Waals surface area contributed by atoms with E-state index >= 15 is 0 Å². The Balaban J connectivity index is 1.59. The lowest BCUT2D eigenvalue weighted by Crippen LogP contribution is -2.41. The maximum absolute atomic E-state index is 14.2. The van der Waals surface area contributed by atoms with Crippen molar-refractivity contribution in [2.45, 2.75) is 31.9 Å². The highest BCUT2D eigenvalue weighted by Crippen LogP contribution is 2.34. The van der Waals surface area contributed by atoms with E-state index in [9.17, 15) is 14.3 Å². The van der Waals surface area contributed by atoms with E-state index in [1.807, 2.05) is 0 Å². The van der Waals surface area contributed by atoms with Gasteiger partial charge < -0.3 is 19.4 Å². The molecule has 1 aliphatic heterocycles. The summed E-state index contributed by atoms with van der Waals surface area (Å²) in [7, 11) is 0. The van der Waals surface area contributed by atoms with E-state index in [0.29, 0.717) is 29.9 Å². The second kappa shape index (κ2) is 6.46. The summed E-state index contributed by atoms with van der Waals surface area (Å²) >= 11 is 0. The Morgan fingerprint density at radius 3 is 2.97 bits per heavy atom. The number of rotatable bonds is 3. The number of imidazole rings is 1. The summed E-state index contributed by atoms with van der Waals surface area (Å²) in [4.78, 5) is 22.2. The molecule has 0 radical (unpaired) electrons. The molecule has 11 heteroatoms. The zero-order valence-electron chi connectivity index (χ0n) is 16.2. The maximum Gasteiger partial charge on any atom is 0.312 e. The largest absolute Gasteiger partial charge is 0.414 e. The van der Waals surface area contributed by atoms with Gasteiger partial charge in [-0.15, -0.1) is 10.2 Å². The molecule has 0 bridgehead atoms. The predicted octanol–water partition coefficient (Wildman–Crippen LogP) is 1.59. The van der Waals surface area contributed by atoms with Crippen molar-refractivity contribution in [3.8, 4) is 0 Å². The van der Waals surface area contributed by atoms with Gasteiger partial charge in [-0.25, -0.2) is 13.9 Å². The Hall–Kier alpha value is -3.60. The average molecular weight is 411 g/mol. The minimum Gasteiger partial charge on any atom is -0.414 e. The first-order valence-corrected chi connectivity index (χ1v) is 9.36. The molecular weight excluding hydrogens is 393 g/mol. The van der Waals surface area contributed by atoms with Gasteiger partial charge in [-0.05, 0) is 32.0 Å². The number of aromatic nitrogens is 6. The van der Waals surface area contributed by atoms with Gasteiger partial charge in [-0.1, -0.05) is 0 Å². The van der Waals surface area contributed by atoms with Crippen LogP contribution in [-0.2, 0) is 12.0 Å². The summed E-state index contributed by atoms with van der Waals surface area (Å²) in [5.41, 5.74) is 0.889. The van der Waals surface area contributed by atoms with Crippen LogP contribution in [-0.4, -0.2) is 52.2 Å². The first kappa shape index (κ1) is 18.4. The van der Waals surface area contributed by atoms with Crippen molar-refractivity contribution in [2.24, 2.45) is 0 Å². The Morgan fingerprint density at radius 1 is 1.40 bits per heavy atom. The lowest BCUT2D eigenvalue weighted by molar-refractivity contribution is 0.0440. The molecule has 4 aromatic heterocycles. The molecule has 0 aliphatic carbocycles. The fourth-order valence-electron chi connectivity index (χ4n) is 3.61. The van der Waals surface area contributed by atoms with Crippen LogP contribution in [0.25, 0.3) is 5.52 Å². The normalized spacial score (nSPS) is 16.8. The molecular formula is C19H18FN7O3. The number of carbonyl (C=O) groups excluding carboxylic acids is 1. The summed E-state index contributed by atoms with van der Waals surface area (Å²) in [6.07, 6.45) is 3.74. The third-order valence-electron chi connectivity index (χ3n) is 5.07. The Labute approximate surface area is 169 Å². The van der Waals surface area contributed by atoms with Crippen LogP contribution >= 0.6 is 0 Å². The highest BCUT2D eigenvalue weighted by molar-refractivity contribution is 5.90. The molecule has 30 heavy (non-hydrogen) atoms. The van der Waals surface area contributed by atoms with Gasteiger partial charge in [-0.2, -0.15) is 5.10 Å². The molecule has 1 amide bonds. The number of pyridine rings is 1. The maximum atomic E-state index is 14.2. The van der Waals surface area contributed by atoms with Crippen molar-refractivity contribution in [3.05, 3.63) is 65.4 Å². The van der Waals surface area contributed by atoms with Crippen molar-refractivity contribution in [1.82, 2.24) is 34.7 Å². The second-order valence-electron chi connectivity index (χ2n) is 7.64. The van der Waals surface area contributed by atoms with Crippen LogP contribution in [0.4, 0.5) is 4.39 Å². The summed E-state index contributed by atoms with van der Waals surface area (Å²) in [6.45, 7) is 3.31. The molecule has 1 unspecified atom stereocenters. The van der Waals surface area contributed by atoms with Crippen molar-refractivity contribution in [3.63, 3.8) is 0 Å². The van der Waals surface area contributed by atoms with Gasteiger partial charge in [0, 0.05) is 24.9 Å². The molecule has 0 fully saturated rings. The summed E-state index contributed by atoms with van der Waals surface area (Å²) in [5.74, 6) is -1.24. The standard InChI is InChI=1S/C19H18FN7O3/c1-19(2,29)18-24-23-16(30-18)17(28)26-7-5-11-14(22-9-21-11)15(26)12-8-13-10(20)4-3-6-27(13)25-12/h3-4,6,8-9,15,29H,5,7H2,1-2H3,(H,21,22). The number of fused-ring (bicyclic) bond motifs is 2. The van der Waals surface area contributed by atoms with Crippen molar-refractivity contribution in [2.75, 3.05) is 6.54 Å². The van der Waals surface area contributed by atoms with E-state index in [0.717, 1.165) is 5.69 Å². The topological polar surface area (TPSA) is 125 Å². The van der Waals surface area contributed by atoms with Crippen LogP contribution < -0.4 is 0 Å². The van der Waals surface area contributed by atoms with Gasteiger partial charge in [0.05, 0.1) is 17.7 Å². The molecule has 4 aromatic rings. The van der Waals surface area contributed by atoms with Crippen molar-refractivity contribution >= 4 is 11.4 Å². The quantitative estimate of drug-likeness (QED) is 0.524. The highest BCUT2D eigenvalue weighted by Gasteiger charge is 2.38. The number of nitrogens with one attached hydrogen (secondary N) is 1. The molecule has 1 atom stereocenters. The SMILES string of the molecule is CC(C)(O)c1nnc(C(=O)N2CCc3[nH]cnc3C2c2cc3c(F)cccn3n2)o1. The molecule has 1 aliphatic rings. The number of halogens is 1. The number of nitrogens with zero attached hydrogens (tertiary/aromatic N) is 6. The Bertz CT molecular complexity index is 1250. The molecule has 2 N–H and O–H groups in total. The molecule has 0 spiro atoms. The van der Waals surface area contributed by atoms with Gasteiger partial charge in [0.25, 0.3) is 0 Å². The minimum absolute atomic E-state index is 0.0605. The van der Waals surface area contributed by atoms with Crippen molar-refractivity contribution < 1.29 is 18.7 Å². The van der Waals surface area contributed by atoms with Crippen LogP contribution in [0.1, 0.15) is 53.5 Å². The smallest absolute Gasteiger partial charge is 0.312 e. The van der Waals surface area contributed by atoms with E-state index in [1.54, 1.807) is 24.7 Å². The first-order chi connectivity index (χ1) is 14.3. The zero-order chi connectivity index (χ0) is 21.0. The third-order valence-corrected chi connectivity index (χ3v) is 5.07. The molecule has 10 nitrogen and oxygen atoms in total. The van der Waals surface area contributed by atoms with Crippen molar-refractivity contribution in [1.29, 1.82) is 0 Å². The van der Waals surface area contributed by atoms with E-state index in [-0.39, 0.29) is 11.8 Å². The third kappa shape index (κ3) is 2.86. The van der Waals surface area contributed by atoms with Gasteiger partial charge in [0.2, 0.25) is 5.89 Å². The first-order valence-electron chi connectivity index (χ1n) is 9.36. The number of carbonyl (C=O) groups is 1. The summed E-state index contributed by atoms with van der Waals surface area (Å²) in [6, 6.07) is 3.84. The number of hydrogen-bond donors (Lipinski definition) is 2. The van der Waals surface area contributed by atoms with Crippen LogP contribution in [0.5, 0.6) is 0 Å². The number of amides is 1. The fraction of sp³-hybridized carbons (Fsp3) is 0.316. The predicted molar refractivity (Wildman–Crippen MR) is 99.9 cm³/mol. The number of H-pyrrole nitrogens is 1. The fourth-order valence-corrected chi connectivity index (χ4v) is 3.61. The molecule has 5 rings (SSSR count). The van der Waals surface area contributed by atoms with Crippen LogP contribution in [0, 0.1) is 5.82 Å². The summed E-state index contributed by atoms with van der Waals surface area (Å²) < 4.78 is 21.1. The zero-order valence-corrected chi connectivity index (χ0v) is 16.2. The van der Waals surface area contributed by atoms with E-state index in [2.05, 4.69) is 25.3 Å². The lowest BCUT2D eigenvalue weighted by Gasteiger charge is -2.32. The van der Waals surface area contributed by atoms with Gasteiger partial charge in [-0.3, -0.25) is 4.79 Å². The number of aromatic amines is 1. The molecule has 5 heterocycles. The van der Waals surface area contributed by atoms with Crippen LogP contribution in [0.15, 0.2) is 35.1 Å². The molecule has 0 aromatic carbocycles. The number of aliphatic hydroxyl groups is 1. The van der Waals surface area contributed by atoms with Gasteiger partial charge >= 0.3 is 11.8 Å². The molecule has 154 valence electrons. The average Bonchev–Trinajstić information content (AvgIpc) is 3.44. The van der Waals surface area contributed by atoms with E-state index in [1.165, 1.54) is 29.3 Å². The number of hydrogen-bond acceptors (Lipinski definition) is 7. The molecule has 0 saturated heterocycles. The van der Waals surface area contributed by atoms with Gasteiger partial charge in [0.1, 0.15) is 23.0 Å². The summed E-state index contributed by atoms with van der Waals surface area (Å²) in [5, 5.41) is 22.1. The Kier molecular flexibility index (Phi) is 3.97. The Morgan fingerprint density at radius 2 is 2.23 bits per heavy atom.